The number of hydrogen-bond donors (Lipinski definition) is 3. The van der Waals surface area contributed by atoms with Crippen LogP contribution in [0.1, 0.15) is 34.1 Å². The van der Waals surface area contributed by atoms with E-state index in [4.69, 9.17) is 4.98 Å². The lowest BCUT2D eigenvalue weighted by molar-refractivity contribution is 0.780. The molecule has 0 amide bonds. The molecule has 0 aliphatic carbocycles. The standard InChI is InChI=1S/C31H35N5/c1-6-22(21(5)23(7-2)20-32-9-4)18-19-26-27(8-3)35-36-30(26)31-33-28-17-13-16-25(29(28)34-31)24-14-11-10-12-15-24/h6-8,10-17,19,32,35H,2,9,18,20H2,1,3-5H3,(H,33,34)/b22-6-,23-21+,26-19+,27-8+. The number of nitrogens with one attached hydrogen (secondary N) is 3. The molecule has 3 N–H and O–H groups in total. The second kappa shape index (κ2) is 11.6. The average molecular weight is 478 g/mol. The fraction of sp³-hybridized carbons (Fsp3) is 0.226. The Balaban J connectivity index is 1.77. The van der Waals surface area contributed by atoms with Crippen LogP contribution in [0, 0.1) is 0 Å². The molecule has 0 saturated heterocycles. The molecule has 0 spiro atoms. The van der Waals surface area contributed by atoms with Crippen molar-refractivity contribution >= 4 is 23.2 Å². The number of imidazole rings is 1. The minimum Gasteiger partial charge on any atom is -0.337 e. The second-order valence-electron chi connectivity index (χ2n) is 8.70. The molecule has 0 saturated carbocycles. The number of aromatic amines is 2. The largest absolute Gasteiger partial charge is 0.337 e. The Hall–Kier alpha value is -3.96. The highest BCUT2D eigenvalue weighted by Crippen LogP contribution is 2.28. The van der Waals surface area contributed by atoms with E-state index in [0.717, 1.165) is 63.8 Å². The lowest BCUT2D eigenvalue weighted by Gasteiger charge is -2.11. The van der Waals surface area contributed by atoms with E-state index in [2.05, 4.69) is 109 Å². The molecule has 0 atom stereocenters. The van der Waals surface area contributed by atoms with Crippen molar-refractivity contribution in [3.8, 4) is 22.6 Å². The van der Waals surface area contributed by atoms with Crippen LogP contribution in [-0.4, -0.2) is 33.3 Å². The van der Waals surface area contributed by atoms with Crippen LogP contribution in [0.4, 0.5) is 0 Å². The SMILES string of the molecule is C=C/C(CNCC)=C(C)\C(=C/C)C/C=c1/c(-c2nc3c(-c4ccccc4)cccc3[nH]2)n[nH]/c1=C/C. The molecule has 0 unspecified atom stereocenters. The molecule has 2 aromatic heterocycles. The number of likely N-dealkylation sites (N-methyl/N-ethyl adjacent to an activating group) is 1. The average Bonchev–Trinajstić information content (AvgIpc) is 3.53. The Labute approximate surface area is 213 Å². The summed E-state index contributed by atoms with van der Waals surface area (Å²) in [6.45, 7) is 14.2. The van der Waals surface area contributed by atoms with Crippen LogP contribution in [0.2, 0.25) is 0 Å². The lowest BCUT2D eigenvalue weighted by atomic mass is 9.97. The van der Waals surface area contributed by atoms with E-state index in [9.17, 15) is 0 Å². The molecule has 0 aliphatic heterocycles. The third-order valence-corrected chi connectivity index (χ3v) is 6.59. The number of aromatic nitrogens is 4. The minimum absolute atomic E-state index is 0.761. The summed E-state index contributed by atoms with van der Waals surface area (Å²) in [7, 11) is 0. The maximum atomic E-state index is 5.01. The number of fused-ring (bicyclic) bond motifs is 1. The Morgan fingerprint density at radius 3 is 2.58 bits per heavy atom. The third-order valence-electron chi connectivity index (χ3n) is 6.59. The van der Waals surface area contributed by atoms with Crippen LogP contribution in [0.15, 0.2) is 84.0 Å². The van der Waals surface area contributed by atoms with Crippen LogP contribution < -0.4 is 15.9 Å². The minimum atomic E-state index is 0.761. The zero-order valence-electron chi connectivity index (χ0n) is 21.7. The van der Waals surface area contributed by atoms with E-state index in [1.165, 1.54) is 16.7 Å². The molecular formula is C31H35N5. The molecule has 0 radical (unpaired) electrons. The summed E-state index contributed by atoms with van der Waals surface area (Å²) in [4.78, 5) is 8.51. The zero-order valence-corrected chi connectivity index (χ0v) is 21.7. The number of rotatable bonds is 9. The van der Waals surface area contributed by atoms with Gasteiger partial charge < -0.3 is 10.3 Å². The van der Waals surface area contributed by atoms with Crippen LogP contribution in [0.5, 0.6) is 0 Å². The summed E-state index contributed by atoms with van der Waals surface area (Å²) in [5.74, 6) is 0.761. The molecule has 0 bridgehead atoms. The molecule has 5 heteroatoms. The van der Waals surface area contributed by atoms with Crippen LogP contribution in [0.25, 0.3) is 45.8 Å². The first-order chi connectivity index (χ1) is 17.6. The molecule has 5 nitrogen and oxygen atoms in total. The van der Waals surface area contributed by atoms with E-state index < -0.39 is 0 Å². The van der Waals surface area contributed by atoms with E-state index in [1.807, 2.05) is 19.1 Å². The van der Waals surface area contributed by atoms with Gasteiger partial charge in [0, 0.05) is 17.3 Å². The smallest absolute Gasteiger partial charge is 0.159 e. The van der Waals surface area contributed by atoms with Crippen LogP contribution in [0.3, 0.4) is 0 Å². The first-order valence-electron chi connectivity index (χ1n) is 12.5. The summed E-state index contributed by atoms with van der Waals surface area (Å²) in [6, 6.07) is 16.6. The topological polar surface area (TPSA) is 69.4 Å². The highest BCUT2D eigenvalue weighted by molar-refractivity contribution is 5.93. The van der Waals surface area contributed by atoms with Gasteiger partial charge in [-0.1, -0.05) is 80.3 Å². The predicted octanol–water partition coefficient (Wildman–Crippen LogP) is 5.65. The van der Waals surface area contributed by atoms with Gasteiger partial charge in [0.15, 0.2) is 5.82 Å². The second-order valence-corrected chi connectivity index (χ2v) is 8.70. The van der Waals surface area contributed by atoms with E-state index >= 15 is 0 Å². The number of nitrogens with zero attached hydrogens (tertiary/aromatic N) is 2. The van der Waals surface area contributed by atoms with Crippen molar-refractivity contribution in [1.29, 1.82) is 0 Å². The fourth-order valence-electron chi connectivity index (χ4n) is 4.49. The van der Waals surface area contributed by atoms with Gasteiger partial charge in [0.25, 0.3) is 0 Å². The Morgan fingerprint density at radius 1 is 1.08 bits per heavy atom. The molecule has 2 aromatic carbocycles. The van der Waals surface area contributed by atoms with Gasteiger partial charge in [0.05, 0.1) is 16.4 Å². The monoisotopic (exact) mass is 477 g/mol. The molecule has 36 heavy (non-hydrogen) atoms. The summed E-state index contributed by atoms with van der Waals surface area (Å²) in [5, 5.41) is 13.3. The molecule has 4 rings (SSSR count). The number of hydrogen-bond acceptors (Lipinski definition) is 3. The molecule has 2 heterocycles. The maximum Gasteiger partial charge on any atom is 0.159 e. The number of allylic oxidation sites excluding steroid dienone is 3. The van der Waals surface area contributed by atoms with Gasteiger partial charge in [-0.15, -0.1) is 0 Å². The first-order valence-corrected chi connectivity index (χ1v) is 12.5. The van der Waals surface area contributed by atoms with Crippen molar-refractivity contribution in [3.63, 3.8) is 0 Å². The van der Waals surface area contributed by atoms with Crippen molar-refractivity contribution in [2.45, 2.75) is 34.1 Å². The van der Waals surface area contributed by atoms with Crippen molar-refractivity contribution in [3.05, 3.63) is 94.5 Å². The van der Waals surface area contributed by atoms with Gasteiger partial charge in [0.2, 0.25) is 0 Å². The number of para-hydroxylation sites is 1. The van der Waals surface area contributed by atoms with Crippen LogP contribution in [-0.2, 0) is 0 Å². The van der Waals surface area contributed by atoms with Gasteiger partial charge in [-0.3, -0.25) is 5.10 Å². The van der Waals surface area contributed by atoms with Crippen molar-refractivity contribution in [2.24, 2.45) is 0 Å². The first kappa shape index (κ1) is 25.1. The van der Waals surface area contributed by atoms with E-state index in [0.29, 0.717) is 0 Å². The van der Waals surface area contributed by atoms with Crippen LogP contribution >= 0.6 is 0 Å². The lowest BCUT2D eigenvalue weighted by Crippen LogP contribution is -2.23. The van der Waals surface area contributed by atoms with Crippen molar-refractivity contribution < 1.29 is 0 Å². The fourth-order valence-corrected chi connectivity index (χ4v) is 4.49. The quantitative estimate of drug-likeness (QED) is 0.273. The number of H-pyrrole nitrogens is 2. The Kier molecular flexibility index (Phi) is 8.13. The Morgan fingerprint density at radius 2 is 1.89 bits per heavy atom. The maximum absolute atomic E-state index is 5.01. The molecule has 0 fully saturated rings. The van der Waals surface area contributed by atoms with Crippen molar-refractivity contribution in [1.82, 2.24) is 25.5 Å². The third kappa shape index (κ3) is 5.16. The van der Waals surface area contributed by atoms with E-state index in [1.54, 1.807) is 0 Å². The van der Waals surface area contributed by atoms with Gasteiger partial charge >= 0.3 is 0 Å². The predicted molar refractivity (Wildman–Crippen MR) is 153 cm³/mol. The normalized spacial score (nSPS) is 13.9. The highest BCUT2D eigenvalue weighted by Gasteiger charge is 2.14. The zero-order chi connectivity index (χ0) is 25.5. The highest BCUT2D eigenvalue weighted by atomic mass is 15.1. The molecule has 184 valence electrons. The summed E-state index contributed by atoms with van der Waals surface area (Å²) in [5.41, 5.74) is 8.77. The van der Waals surface area contributed by atoms with Crippen molar-refractivity contribution in [2.75, 3.05) is 13.1 Å². The van der Waals surface area contributed by atoms with Gasteiger partial charge in [0.1, 0.15) is 5.69 Å². The summed E-state index contributed by atoms with van der Waals surface area (Å²) < 4.78 is 0. The molecular weight excluding hydrogens is 442 g/mol. The van der Waals surface area contributed by atoms with Gasteiger partial charge in [-0.05, 0) is 62.1 Å². The van der Waals surface area contributed by atoms with E-state index in [-0.39, 0.29) is 0 Å². The molecule has 4 aromatic rings. The van der Waals surface area contributed by atoms with Gasteiger partial charge in [-0.25, -0.2) is 4.98 Å². The number of benzene rings is 2. The molecule has 0 aliphatic rings. The summed E-state index contributed by atoms with van der Waals surface area (Å²) in [6.07, 6.45) is 9.22. The van der Waals surface area contributed by atoms with Gasteiger partial charge in [-0.2, -0.15) is 5.10 Å². The summed E-state index contributed by atoms with van der Waals surface area (Å²) >= 11 is 0. The Bertz CT molecular complexity index is 1530.